The van der Waals surface area contributed by atoms with Crippen molar-refractivity contribution in [1.82, 2.24) is 14.8 Å². The summed E-state index contributed by atoms with van der Waals surface area (Å²) in [7, 11) is 0. The lowest BCUT2D eigenvalue weighted by atomic mass is 10.2. The zero-order chi connectivity index (χ0) is 19.9. The third-order valence-corrected chi connectivity index (χ3v) is 5.47. The molecular weight excluding hydrogens is 364 g/mol. The van der Waals surface area contributed by atoms with Gasteiger partial charge in [0.05, 0.1) is 13.2 Å². The fraction of sp³-hybridized carbons (Fsp3) is 0.391. The van der Waals surface area contributed by atoms with Gasteiger partial charge >= 0.3 is 0 Å². The number of pyridine rings is 1. The first-order valence-corrected chi connectivity index (χ1v) is 10.3. The molecule has 1 aromatic carbocycles. The number of benzene rings is 1. The highest BCUT2D eigenvalue weighted by Crippen LogP contribution is 2.17. The number of nitrogens with zero attached hydrogens (tertiary/aromatic N) is 4. The van der Waals surface area contributed by atoms with E-state index in [1.807, 2.05) is 35.2 Å². The van der Waals surface area contributed by atoms with Crippen LogP contribution in [0.5, 0.6) is 0 Å². The Hall–Kier alpha value is -2.70. The van der Waals surface area contributed by atoms with Gasteiger partial charge in [0.2, 0.25) is 0 Å². The summed E-state index contributed by atoms with van der Waals surface area (Å²) in [4.78, 5) is 23.8. The molecule has 1 amide bonds. The first-order chi connectivity index (χ1) is 14.3. The molecule has 0 unspecified atom stereocenters. The molecule has 2 aromatic rings. The molecule has 6 nitrogen and oxygen atoms in total. The van der Waals surface area contributed by atoms with Crippen LogP contribution in [0.3, 0.4) is 0 Å². The van der Waals surface area contributed by atoms with Crippen molar-refractivity contribution < 1.29 is 9.53 Å². The van der Waals surface area contributed by atoms with Crippen LogP contribution in [0.15, 0.2) is 54.7 Å². The largest absolute Gasteiger partial charge is 0.378 e. The molecule has 3 heterocycles. The van der Waals surface area contributed by atoms with Crippen LogP contribution in [-0.2, 0) is 4.74 Å². The second kappa shape index (κ2) is 9.67. The standard InChI is InChI=1S/C23H28N4O2/c28-23(22-19-21(8-9-24-22)26-15-17-29-18-16-26)27-13-11-25(12-14-27)10-4-7-20-5-2-1-3-6-20/h1-9,19H,10-18H2/b7-4+. The lowest BCUT2D eigenvalue weighted by Gasteiger charge is -2.34. The van der Waals surface area contributed by atoms with Gasteiger partial charge in [-0.3, -0.25) is 14.7 Å². The summed E-state index contributed by atoms with van der Waals surface area (Å²) in [5.74, 6) is 0.0274. The van der Waals surface area contributed by atoms with Crippen LogP contribution in [0, 0.1) is 0 Å². The Morgan fingerprint density at radius 2 is 1.76 bits per heavy atom. The molecule has 2 aliphatic rings. The lowest BCUT2D eigenvalue weighted by Crippen LogP contribution is -2.48. The van der Waals surface area contributed by atoms with Crippen molar-refractivity contribution in [2.75, 3.05) is 63.9 Å². The number of morpholine rings is 1. The molecule has 0 radical (unpaired) electrons. The van der Waals surface area contributed by atoms with E-state index in [1.165, 1.54) is 5.56 Å². The van der Waals surface area contributed by atoms with Crippen molar-refractivity contribution in [3.63, 3.8) is 0 Å². The maximum absolute atomic E-state index is 12.9. The van der Waals surface area contributed by atoms with Crippen LogP contribution in [-0.4, -0.2) is 79.7 Å². The Bertz CT molecular complexity index is 826. The quantitative estimate of drug-likeness (QED) is 0.782. The van der Waals surface area contributed by atoms with Crippen molar-refractivity contribution in [2.24, 2.45) is 0 Å². The summed E-state index contributed by atoms with van der Waals surface area (Å²) in [5, 5.41) is 0. The van der Waals surface area contributed by atoms with Crippen LogP contribution in [0.1, 0.15) is 16.1 Å². The van der Waals surface area contributed by atoms with Crippen LogP contribution in [0.25, 0.3) is 6.08 Å². The number of hydrogen-bond donors (Lipinski definition) is 0. The Morgan fingerprint density at radius 3 is 2.52 bits per heavy atom. The molecule has 0 atom stereocenters. The van der Waals surface area contributed by atoms with Crippen LogP contribution >= 0.6 is 0 Å². The van der Waals surface area contributed by atoms with E-state index in [0.29, 0.717) is 5.69 Å². The van der Waals surface area contributed by atoms with Gasteiger partial charge in [-0.05, 0) is 17.7 Å². The molecule has 1 aromatic heterocycles. The van der Waals surface area contributed by atoms with E-state index in [-0.39, 0.29) is 5.91 Å². The van der Waals surface area contributed by atoms with E-state index in [9.17, 15) is 4.79 Å². The first kappa shape index (κ1) is 19.6. The second-order valence-electron chi connectivity index (χ2n) is 7.40. The molecule has 2 fully saturated rings. The topological polar surface area (TPSA) is 48.9 Å². The predicted octanol–water partition coefficient (Wildman–Crippen LogP) is 2.39. The molecule has 0 N–H and O–H groups in total. The van der Waals surface area contributed by atoms with E-state index in [0.717, 1.165) is 64.7 Å². The molecule has 29 heavy (non-hydrogen) atoms. The highest BCUT2D eigenvalue weighted by atomic mass is 16.5. The van der Waals surface area contributed by atoms with Crippen LogP contribution in [0.2, 0.25) is 0 Å². The predicted molar refractivity (Wildman–Crippen MR) is 115 cm³/mol. The van der Waals surface area contributed by atoms with Gasteiger partial charge in [-0.15, -0.1) is 0 Å². The number of ether oxygens (including phenoxy) is 1. The molecule has 6 heteroatoms. The van der Waals surface area contributed by atoms with Gasteiger partial charge in [-0.2, -0.15) is 0 Å². The van der Waals surface area contributed by atoms with Gasteiger partial charge in [0, 0.05) is 57.7 Å². The first-order valence-electron chi connectivity index (χ1n) is 10.3. The molecule has 2 aliphatic heterocycles. The molecule has 0 bridgehead atoms. The number of piperazine rings is 1. The van der Waals surface area contributed by atoms with E-state index in [4.69, 9.17) is 4.74 Å². The summed E-state index contributed by atoms with van der Waals surface area (Å²) >= 11 is 0. The van der Waals surface area contributed by atoms with E-state index >= 15 is 0 Å². The number of anilines is 1. The Kier molecular flexibility index (Phi) is 6.54. The van der Waals surface area contributed by atoms with Crippen molar-refractivity contribution in [2.45, 2.75) is 0 Å². The monoisotopic (exact) mass is 392 g/mol. The molecule has 152 valence electrons. The van der Waals surface area contributed by atoms with Crippen molar-refractivity contribution in [1.29, 1.82) is 0 Å². The minimum absolute atomic E-state index is 0.0274. The molecule has 0 saturated carbocycles. The summed E-state index contributed by atoms with van der Waals surface area (Å²) in [6, 6.07) is 14.2. The van der Waals surface area contributed by atoms with E-state index in [1.54, 1.807) is 6.20 Å². The van der Waals surface area contributed by atoms with Crippen molar-refractivity contribution >= 4 is 17.7 Å². The maximum Gasteiger partial charge on any atom is 0.272 e. The Morgan fingerprint density at radius 1 is 1.00 bits per heavy atom. The third kappa shape index (κ3) is 5.22. The van der Waals surface area contributed by atoms with Gasteiger partial charge in [0.15, 0.2) is 0 Å². The highest BCUT2D eigenvalue weighted by molar-refractivity contribution is 5.93. The van der Waals surface area contributed by atoms with E-state index in [2.05, 4.69) is 39.1 Å². The summed E-state index contributed by atoms with van der Waals surface area (Å²) in [6.45, 7) is 7.31. The van der Waals surface area contributed by atoms with Gasteiger partial charge < -0.3 is 14.5 Å². The molecule has 0 aliphatic carbocycles. The van der Waals surface area contributed by atoms with Crippen molar-refractivity contribution in [3.8, 4) is 0 Å². The Labute approximate surface area is 172 Å². The molecule has 2 saturated heterocycles. The highest BCUT2D eigenvalue weighted by Gasteiger charge is 2.23. The van der Waals surface area contributed by atoms with Gasteiger partial charge in [-0.1, -0.05) is 42.5 Å². The third-order valence-electron chi connectivity index (χ3n) is 5.47. The number of hydrogen-bond acceptors (Lipinski definition) is 5. The number of carbonyl (C=O) groups is 1. The number of aromatic nitrogens is 1. The van der Waals surface area contributed by atoms with Gasteiger partial charge in [0.1, 0.15) is 5.69 Å². The SMILES string of the molecule is O=C(c1cc(N2CCOCC2)ccn1)N1CCN(C/C=C/c2ccccc2)CC1. The summed E-state index contributed by atoms with van der Waals surface area (Å²) in [5.41, 5.74) is 2.80. The fourth-order valence-corrected chi connectivity index (χ4v) is 3.75. The zero-order valence-corrected chi connectivity index (χ0v) is 16.7. The Balaban J connectivity index is 1.29. The second-order valence-corrected chi connectivity index (χ2v) is 7.40. The smallest absolute Gasteiger partial charge is 0.272 e. The van der Waals surface area contributed by atoms with Gasteiger partial charge in [0.25, 0.3) is 5.91 Å². The average Bonchev–Trinajstić information content (AvgIpc) is 2.80. The number of rotatable bonds is 5. The maximum atomic E-state index is 12.9. The number of amides is 1. The summed E-state index contributed by atoms with van der Waals surface area (Å²) < 4.78 is 5.42. The molecule has 0 spiro atoms. The normalized spacial score (nSPS) is 18.3. The average molecular weight is 393 g/mol. The molecular formula is C23H28N4O2. The van der Waals surface area contributed by atoms with Crippen molar-refractivity contribution in [3.05, 3.63) is 66.0 Å². The van der Waals surface area contributed by atoms with Crippen LogP contribution < -0.4 is 4.90 Å². The summed E-state index contributed by atoms with van der Waals surface area (Å²) in [6.07, 6.45) is 6.08. The van der Waals surface area contributed by atoms with E-state index < -0.39 is 0 Å². The fourth-order valence-electron chi connectivity index (χ4n) is 3.75. The van der Waals surface area contributed by atoms with Crippen LogP contribution in [0.4, 0.5) is 5.69 Å². The number of carbonyl (C=O) groups excluding carboxylic acids is 1. The minimum Gasteiger partial charge on any atom is -0.378 e. The molecule has 4 rings (SSSR count). The van der Waals surface area contributed by atoms with Gasteiger partial charge in [-0.25, -0.2) is 0 Å². The lowest BCUT2D eigenvalue weighted by molar-refractivity contribution is 0.0644. The zero-order valence-electron chi connectivity index (χ0n) is 16.7. The minimum atomic E-state index is 0.0274.